The summed E-state index contributed by atoms with van der Waals surface area (Å²) in [5.74, 6) is -0.396. The van der Waals surface area contributed by atoms with E-state index in [1.54, 1.807) is 12.1 Å². The Morgan fingerprint density at radius 1 is 1.12 bits per heavy atom. The van der Waals surface area contributed by atoms with Crippen molar-refractivity contribution >= 4 is 17.6 Å². The van der Waals surface area contributed by atoms with Gasteiger partial charge < -0.3 is 15.0 Å². The maximum atomic E-state index is 12.1. The van der Waals surface area contributed by atoms with Crippen LogP contribution in [-0.2, 0) is 16.1 Å². The minimum absolute atomic E-state index is 0.0412. The van der Waals surface area contributed by atoms with Crippen LogP contribution in [-0.4, -0.2) is 32.6 Å². The van der Waals surface area contributed by atoms with Crippen LogP contribution < -0.4 is 10.2 Å². The number of quaternary nitrogens is 1. The minimum Gasteiger partial charge on any atom is -0.465 e. The Morgan fingerprint density at radius 2 is 1.83 bits per heavy atom. The van der Waals surface area contributed by atoms with Crippen molar-refractivity contribution in [2.75, 3.05) is 26.0 Å². The molecule has 0 spiro atoms. The highest BCUT2D eigenvalue weighted by molar-refractivity contribution is 5.91. The lowest BCUT2D eigenvalue weighted by Crippen LogP contribution is -3.08. The number of nitrogens with one attached hydrogen (secondary N) is 2. The van der Waals surface area contributed by atoms with Crippen LogP contribution in [0.1, 0.15) is 21.5 Å². The van der Waals surface area contributed by atoms with Gasteiger partial charge in [0.1, 0.15) is 6.54 Å². The van der Waals surface area contributed by atoms with Gasteiger partial charge in [0.05, 0.1) is 19.7 Å². The van der Waals surface area contributed by atoms with Gasteiger partial charge in [-0.25, -0.2) is 4.79 Å². The zero-order valence-electron chi connectivity index (χ0n) is 14.3. The van der Waals surface area contributed by atoms with Gasteiger partial charge in [-0.2, -0.15) is 0 Å². The predicted molar refractivity (Wildman–Crippen MR) is 93.0 cm³/mol. The van der Waals surface area contributed by atoms with Gasteiger partial charge in [-0.1, -0.05) is 29.8 Å². The van der Waals surface area contributed by atoms with E-state index in [1.165, 1.54) is 7.11 Å². The minimum atomic E-state index is -0.355. The largest absolute Gasteiger partial charge is 0.465 e. The third kappa shape index (κ3) is 5.21. The molecule has 1 atom stereocenters. The quantitative estimate of drug-likeness (QED) is 0.789. The summed E-state index contributed by atoms with van der Waals surface area (Å²) < 4.78 is 4.73. The van der Waals surface area contributed by atoms with Gasteiger partial charge in [-0.05, 0) is 31.2 Å². The zero-order valence-corrected chi connectivity index (χ0v) is 14.3. The van der Waals surface area contributed by atoms with Crippen LogP contribution >= 0.6 is 0 Å². The molecule has 126 valence electrons. The third-order valence-electron chi connectivity index (χ3n) is 3.65. The van der Waals surface area contributed by atoms with Crippen LogP contribution in [0.5, 0.6) is 0 Å². The van der Waals surface area contributed by atoms with E-state index in [4.69, 9.17) is 4.74 Å². The fraction of sp³-hybridized carbons (Fsp3) is 0.263. The standard InChI is InChI=1S/C19H22N2O3/c1-14-7-9-17(10-8-14)20-18(22)13-21(2)12-15-5-4-6-16(11-15)19(23)24-3/h4-11H,12-13H2,1-3H3,(H,20,22)/p+1. The number of benzene rings is 2. The van der Waals surface area contributed by atoms with Gasteiger partial charge >= 0.3 is 5.97 Å². The van der Waals surface area contributed by atoms with E-state index >= 15 is 0 Å². The van der Waals surface area contributed by atoms with E-state index in [0.29, 0.717) is 18.7 Å². The lowest BCUT2D eigenvalue weighted by molar-refractivity contribution is -0.885. The Balaban J connectivity index is 1.90. The van der Waals surface area contributed by atoms with Crippen LogP contribution in [0, 0.1) is 6.92 Å². The van der Waals surface area contributed by atoms with E-state index in [0.717, 1.165) is 21.7 Å². The van der Waals surface area contributed by atoms with Crippen molar-refractivity contribution in [3.05, 3.63) is 65.2 Å². The molecule has 0 aromatic heterocycles. The van der Waals surface area contributed by atoms with E-state index in [2.05, 4.69) is 5.32 Å². The Bertz CT molecular complexity index is 711. The molecule has 0 radical (unpaired) electrons. The SMILES string of the molecule is COC(=O)c1cccc(C[NH+](C)CC(=O)Nc2ccc(C)cc2)c1. The fourth-order valence-electron chi connectivity index (χ4n) is 2.45. The molecule has 1 unspecified atom stereocenters. The van der Waals surface area contributed by atoms with Gasteiger partial charge in [-0.3, -0.25) is 4.79 Å². The number of carbonyl (C=O) groups is 2. The first-order chi connectivity index (χ1) is 11.5. The molecule has 0 aliphatic rings. The molecular formula is C19H23N2O3+. The lowest BCUT2D eigenvalue weighted by Gasteiger charge is -2.14. The zero-order chi connectivity index (χ0) is 17.5. The lowest BCUT2D eigenvalue weighted by atomic mass is 10.1. The summed E-state index contributed by atoms with van der Waals surface area (Å²) in [6, 6.07) is 15.0. The van der Waals surface area contributed by atoms with E-state index in [9.17, 15) is 9.59 Å². The first kappa shape index (κ1) is 17.7. The molecule has 0 bridgehead atoms. The van der Waals surface area contributed by atoms with Gasteiger partial charge in [0.2, 0.25) is 0 Å². The number of carbonyl (C=O) groups excluding carboxylic acids is 2. The van der Waals surface area contributed by atoms with Crippen molar-refractivity contribution in [2.24, 2.45) is 0 Å². The molecule has 0 aliphatic carbocycles. The molecule has 24 heavy (non-hydrogen) atoms. The van der Waals surface area contributed by atoms with E-state index < -0.39 is 0 Å². The molecule has 0 aliphatic heterocycles. The van der Waals surface area contributed by atoms with E-state index in [-0.39, 0.29) is 11.9 Å². The first-order valence-corrected chi connectivity index (χ1v) is 7.83. The van der Waals surface area contributed by atoms with Crippen LogP contribution in [0.25, 0.3) is 0 Å². The maximum absolute atomic E-state index is 12.1. The van der Waals surface area contributed by atoms with Crippen molar-refractivity contribution < 1.29 is 19.2 Å². The highest BCUT2D eigenvalue weighted by Gasteiger charge is 2.12. The van der Waals surface area contributed by atoms with Crippen molar-refractivity contribution in [3.63, 3.8) is 0 Å². The predicted octanol–water partition coefficient (Wildman–Crippen LogP) is 1.44. The average molecular weight is 327 g/mol. The second-order valence-corrected chi connectivity index (χ2v) is 5.92. The van der Waals surface area contributed by atoms with Crippen LogP contribution in [0.3, 0.4) is 0 Å². The second kappa shape index (κ2) is 8.26. The Labute approximate surface area is 142 Å². The summed E-state index contributed by atoms with van der Waals surface area (Å²) in [6.45, 7) is 2.99. The molecule has 0 fully saturated rings. The molecule has 1 amide bonds. The normalized spacial score (nSPS) is 11.6. The summed E-state index contributed by atoms with van der Waals surface area (Å²) in [5, 5.41) is 2.89. The van der Waals surface area contributed by atoms with Gasteiger partial charge in [0.15, 0.2) is 6.54 Å². The third-order valence-corrected chi connectivity index (χ3v) is 3.65. The number of likely N-dealkylation sites (N-methyl/N-ethyl adjacent to an activating group) is 1. The second-order valence-electron chi connectivity index (χ2n) is 5.92. The molecule has 0 saturated heterocycles. The highest BCUT2D eigenvalue weighted by Crippen LogP contribution is 2.08. The van der Waals surface area contributed by atoms with Gasteiger partial charge in [-0.15, -0.1) is 0 Å². The molecule has 0 saturated carbocycles. The van der Waals surface area contributed by atoms with Crippen molar-refractivity contribution in [1.82, 2.24) is 0 Å². The number of ether oxygens (including phenoxy) is 1. The number of esters is 1. The Hall–Kier alpha value is -2.66. The van der Waals surface area contributed by atoms with Gasteiger partial charge in [0.25, 0.3) is 5.91 Å². The molecule has 5 nitrogen and oxygen atoms in total. The van der Waals surface area contributed by atoms with Gasteiger partial charge in [0, 0.05) is 11.3 Å². The van der Waals surface area contributed by atoms with Crippen LogP contribution in [0.15, 0.2) is 48.5 Å². The Kier molecular flexibility index (Phi) is 6.09. The maximum Gasteiger partial charge on any atom is 0.337 e. The topological polar surface area (TPSA) is 59.8 Å². The Morgan fingerprint density at radius 3 is 2.50 bits per heavy atom. The fourth-order valence-corrected chi connectivity index (χ4v) is 2.45. The summed E-state index contributed by atoms with van der Waals surface area (Å²) in [4.78, 5) is 24.7. The molecule has 2 aromatic carbocycles. The number of aryl methyl sites for hydroxylation is 1. The number of hydrogen-bond donors (Lipinski definition) is 2. The highest BCUT2D eigenvalue weighted by atomic mass is 16.5. The number of methoxy groups -OCH3 is 1. The average Bonchev–Trinajstić information content (AvgIpc) is 2.56. The van der Waals surface area contributed by atoms with Crippen LogP contribution in [0.4, 0.5) is 5.69 Å². The monoisotopic (exact) mass is 327 g/mol. The van der Waals surface area contributed by atoms with Crippen molar-refractivity contribution in [3.8, 4) is 0 Å². The molecule has 2 aromatic rings. The van der Waals surface area contributed by atoms with Crippen LogP contribution in [0.2, 0.25) is 0 Å². The first-order valence-electron chi connectivity index (χ1n) is 7.83. The summed E-state index contributed by atoms with van der Waals surface area (Å²) >= 11 is 0. The van der Waals surface area contributed by atoms with Crippen molar-refractivity contribution in [2.45, 2.75) is 13.5 Å². The van der Waals surface area contributed by atoms with E-state index in [1.807, 2.05) is 50.4 Å². The number of amides is 1. The molecular weight excluding hydrogens is 304 g/mol. The number of hydrogen-bond acceptors (Lipinski definition) is 3. The molecule has 0 heterocycles. The smallest absolute Gasteiger partial charge is 0.337 e. The molecule has 5 heteroatoms. The molecule has 2 rings (SSSR count). The summed E-state index contributed by atoms with van der Waals surface area (Å²) in [7, 11) is 3.31. The number of rotatable bonds is 6. The number of anilines is 1. The molecule has 2 N–H and O–H groups in total. The summed E-state index contributed by atoms with van der Waals surface area (Å²) in [6.07, 6.45) is 0. The van der Waals surface area contributed by atoms with Crippen molar-refractivity contribution in [1.29, 1.82) is 0 Å². The summed E-state index contributed by atoms with van der Waals surface area (Å²) in [5.41, 5.74) is 3.46.